The van der Waals surface area contributed by atoms with E-state index in [9.17, 15) is 9.59 Å². The van der Waals surface area contributed by atoms with Gasteiger partial charge >= 0.3 is 5.60 Å². The first kappa shape index (κ1) is 11.5. The molecule has 1 aliphatic heterocycles. The van der Waals surface area contributed by atoms with Gasteiger partial charge in [-0.05, 0) is 12.8 Å². The van der Waals surface area contributed by atoms with Crippen LogP contribution < -0.4 is 11.5 Å². The van der Waals surface area contributed by atoms with E-state index in [-0.39, 0.29) is 0 Å². The molecule has 0 aromatic rings. The Hall–Kier alpha value is -1.59. The van der Waals surface area contributed by atoms with Crippen LogP contribution in [0, 0.1) is 5.41 Å². The minimum absolute atomic E-state index is 0.499. The van der Waals surface area contributed by atoms with Crippen molar-refractivity contribution in [3.8, 4) is 0 Å². The van der Waals surface area contributed by atoms with E-state index in [0.717, 1.165) is 0 Å². The second kappa shape index (κ2) is 3.52. The van der Waals surface area contributed by atoms with Crippen molar-refractivity contribution >= 4 is 18.0 Å². The minimum Gasteiger partial charge on any atom is -0.368 e. The molecule has 6 nitrogen and oxygen atoms in total. The van der Waals surface area contributed by atoms with Crippen molar-refractivity contribution in [3.63, 3.8) is 0 Å². The number of hydrogen-bond acceptors (Lipinski definition) is 4. The summed E-state index contributed by atoms with van der Waals surface area (Å²) in [6.07, 6.45) is 2.44. The van der Waals surface area contributed by atoms with Gasteiger partial charge in [-0.3, -0.25) is 9.59 Å². The van der Waals surface area contributed by atoms with Crippen LogP contribution in [0.2, 0.25) is 0 Å². The summed E-state index contributed by atoms with van der Waals surface area (Å²) in [6, 6.07) is 0. The molecule has 0 saturated heterocycles. The van der Waals surface area contributed by atoms with Crippen molar-refractivity contribution in [3.05, 3.63) is 0 Å². The van der Waals surface area contributed by atoms with E-state index in [1.807, 2.05) is 13.8 Å². The lowest BCUT2D eigenvalue weighted by Gasteiger charge is -2.35. The fourth-order valence-corrected chi connectivity index (χ4v) is 2.02. The summed E-state index contributed by atoms with van der Waals surface area (Å²) in [6.45, 7) is 3.65. The molecule has 4 N–H and O–H groups in total. The predicted molar refractivity (Wildman–Crippen MR) is 53.7 cm³/mol. The SMILES string of the molecule is CCC1(CC)C=NOC1(C(N)=O)C(N)=O. The molecule has 0 aromatic carbocycles. The number of carbonyl (C=O) groups is 2. The fourth-order valence-electron chi connectivity index (χ4n) is 2.02. The second-order valence-electron chi connectivity index (χ2n) is 3.60. The molecule has 0 aliphatic carbocycles. The van der Waals surface area contributed by atoms with Crippen molar-refractivity contribution in [2.75, 3.05) is 0 Å². The Balaban J connectivity index is 3.31. The molecule has 6 heteroatoms. The first-order valence-corrected chi connectivity index (χ1v) is 4.79. The second-order valence-corrected chi connectivity index (χ2v) is 3.60. The molecule has 0 spiro atoms. The summed E-state index contributed by atoms with van der Waals surface area (Å²) < 4.78 is 0. The fraction of sp³-hybridized carbons (Fsp3) is 0.667. The number of carbonyl (C=O) groups excluding carboxylic acids is 2. The maximum atomic E-state index is 11.4. The van der Waals surface area contributed by atoms with Crippen LogP contribution in [0.3, 0.4) is 0 Å². The van der Waals surface area contributed by atoms with Gasteiger partial charge in [0.15, 0.2) is 0 Å². The number of nitrogens with two attached hydrogens (primary N) is 2. The third kappa shape index (κ3) is 1.20. The highest BCUT2D eigenvalue weighted by Crippen LogP contribution is 2.43. The van der Waals surface area contributed by atoms with Crippen LogP contribution in [0.15, 0.2) is 5.16 Å². The zero-order valence-electron chi connectivity index (χ0n) is 8.82. The average Bonchev–Trinajstić information content (AvgIpc) is 2.58. The summed E-state index contributed by atoms with van der Waals surface area (Å²) in [5.74, 6) is -1.78. The average molecular weight is 213 g/mol. The molecule has 0 aromatic heterocycles. The third-order valence-corrected chi connectivity index (χ3v) is 3.15. The third-order valence-electron chi connectivity index (χ3n) is 3.15. The normalized spacial score (nSPS) is 20.9. The Kier molecular flexibility index (Phi) is 2.70. The van der Waals surface area contributed by atoms with Crippen LogP contribution in [0.1, 0.15) is 26.7 Å². The molecule has 1 heterocycles. The molecule has 0 unspecified atom stereocenters. The first-order chi connectivity index (χ1) is 6.97. The van der Waals surface area contributed by atoms with E-state index in [1.54, 1.807) is 0 Å². The summed E-state index contributed by atoms with van der Waals surface area (Å²) >= 11 is 0. The lowest BCUT2D eigenvalue weighted by molar-refractivity contribution is -0.165. The van der Waals surface area contributed by atoms with Gasteiger partial charge in [-0.2, -0.15) is 0 Å². The van der Waals surface area contributed by atoms with E-state index in [0.29, 0.717) is 12.8 Å². The van der Waals surface area contributed by atoms with Gasteiger partial charge < -0.3 is 16.3 Å². The van der Waals surface area contributed by atoms with E-state index >= 15 is 0 Å². The number of hydrogen-bond donors (Lipinski definition) is 2. The van der Waals surface area contributed by atoms with Gasteiger partial charge in [0.05, 0.1) is 11.6 Å². The van der Waals surface area contributed by atoms with Gasteiger partial charge in [-0.1, -0.05) is 19.0 Å². The van der Waals surface area contributed by atoms with Crippen molar-refractivity contribution in [1.29, 1.82) is 0 Å². The van der Waals surface area contributed by atoms with E-state index in [4.69, 9.17) is 16.3 Å². The molecule has 2 amide bonds. The number of amides is 2. The molecule has 0 bridgehead atoms. The van der Waals surface area contributed by atoms with Crippen LogP contribution >= 0.6 is 0 Å². The highest BCUT2D eigenvalue weighted by molar-refractivity contribution is 6.11. The van der Waals surface area contributed by atoms with Gasteiger partial charge in [0.25, 0.3) is 11.8 Å². The number of nitrogens with zero attached hydrogens (tertiary/aromatic N) is 1. The summed E-state index contributed by atoms with van der Waals surface area (Å²) in [7, 11) is 0. The largest absolute Gasteiger partial charge is 0.368 e. The molecule has 0 saturated carbocycles. The summed E-state index contributed by atoms with van der Waals surface area (Å²) in [5.41, 5.74) is 7.77. The smallest absolute Gasteiger partial charge is 0.301 e. The van der Waals surface area contributed by atoms with Gasteiger partial charge in [-0.25, -0.2) is 0 Å². The number of primary amides is 2. The molecule has 1 aliphatic rings. The topological polar surface area (TPSA) is 108 Å². The Bertz CT molecular complexity index is 307. The summed E-state index contributed by atoms with van der Waals surface area (Å²) in [5, 5.41) is 3.55. The van der Waals surface area contributed by atoms with Crippen molar-refractivity contribution in [1.82, 2.24) is 0 Å². The number of rotatable bonds is 4. The molecule has 84 valence electrons. The van der Waals surface area contributed by atoms with Crippen LogP contribution in [0.25, 0.3) is 0 Å². The summed E-state index contributed by atoms with van der Waals surface area (Å²) in [4.78, 5) is 27.7. The zero-order valence-corrected chi connectivity index (χ0v) is 8.82. The Morgan fingerprint density at radius 2 is 1.73 bits per heavy atom. The van der Waals surface area contributed by atoms with E-state index in [1.165, 1.54) is 6.21 Å². The highest BCUT2D eigenvalue weighted by Gasteiger charge is 2.63. The maximum Gasteiger partial charge on any atom is 0.301 e. The van der Waals surface area contributed by atoms with E-state index in [2.05, 4.69) is 5.16 Å². The standard InChI is InChI=1S/C9H15N3O3/c1-3-8(4-2)5-12-15-9(8,6(10)13)7(11)14/h5H,3-4H2,1-2H3,(H2,10,13)(H2,11,14). The van der Waals surface area contributed by atoms with Crippen LogP contribution in [0.5, 0.6) is 0 Å². The Morgan fingerprint density at radius 1 is 1.27 bits per heavy atom. The minimum atomic E-state index is -1.84. The number of oxime groups is 1. The Morgan fingerprint density at radius 3 is 2.00 bits per heavy atom. The monoisotopic (exact) mass is 213 g/mol. The van der Waals surface area contributed by atoms with Crippen molar-refractivity contribution in [2.45, 2.75) is 32.3 Å². The molecule has 0 atom stereocenters. The molecule has 15 heavy (non-hydrogen) atoms. The van der Waals surface area contributed by atoms with Crippen LogP contribution in [0.4, 0.5) is 0 Å². The lowest BCUT2D eigenvalue weighted by atomic mass is 9.68. The maximum absolute atomic E-state index is 11.4. The van der Waals surface area contributed by atoms with Gasteiger partial charge in [0.1, 0.15) is 0 Å². The molecule has 0 radical (unpaired) electrons. The quantitative estimate of drug-likeness (QED) is 0.615. The zero-order chi connectivity index (χ0) is 11.7. The lowest BCUT2D eigenvalue weighted by Crippen LogP contribution is -2.63. The first-order valence-electron chi connectivity index (χ1n) is 4.79. The van der Waals surface area contributed by atoms with E-state index < -0.39 is 22.8 Å². The Labute approximate surface area is 87.6 Å². The highest BCUT2D eigenvalue weighted by atomic mass is 16.7. The molecular formula is C9H15N3O3. The molecule has 1 rings (SSSR count). The van der Waals surface area contributed by atoms with Crippen LogP contribution in [-0.2, 0) is 14.4 Å². The predicted octanol–water partition coefficient (Wildman–Crippen LogP) is -0.482. The molecular weight excluding hydrogens is 198 g/mol. The van der Waals surface area contributed by atoms with Crippen LogP contribution in [-0.4, -0.2) is 23.6 Å². The van der Waals surface area contributed by atoms with Crippen molar-refractivity contribution < 1.29 is 14.4 Å². The van der Waals surface area contributed by atoms with Gasteiger partial charge in [0.2, 0.25) is 0 Å². The van der Waals surface area contributed by atoms with Gasteiger partial charge in [-0.15, -0.1) is 0 Å². The van der Waals surface area contributed by atoms with Gasteiger partial charge in [0, 0.05) is 0 Å². The molecule has 0 fully saturated rings. The van der Waals surface area contributed by atoms with Crippen molar-refractivity contribution in [2.24, 2.45) is 22.0 Å².